The molecule has 3 nitrogen and oxygen atoms in total. The third-order valence-electron chi connectivity index (χ3n) is 3.48. The average molecular weight is 409 g/mol. The molecule has 0 atom stereocenters. The predicted molar refractivity (Wildman–Crippen MR) is 90.4 cm³/mol. The summed E-state index contributed by atoms with van der Waals surface area (Å²) in [7, 11) is 0. The molecule has 19 heavy (non-hydrogen) atoms. The van der Waals surface area contributed by atoms with E-state index in [1.54, 1.807) is 18.2 Å². The third-order valence-corrected chi connectivity index (χ3v) is 5.00. The van der Waals surface area contributed by atoms with Gasteiger partial charge in [-0.05, 0) is 59.5 Å². The van der Waals surface area contributed by atoms with Crippen LogP contribution in [0.1, 0.15) is 19.8 Å². The molecule has 2 rings (SSSR count). The van der Waals surface area contributed by atoms with Crippen molar-refractivity contribution in [2.24, 2.45) is 17.1 Å². The van der Waals surface area contributed by atoms with E-state index in [-0.39, 0.29) is 10.9 Å². The molecule has 1 aromatic rings. The van der Waals surface area contributed by atoms with E-state index < -0.39 is 5.41 Å². The summed E-state index contributed by atoms with van der Waals surface area (Å²) in [5.74, 6) is 0.370. The number of benzene rings is 1. The van der Waals surface area contributed by atoms with E-state index in [4.69, 9.17) is 29.6 Å². The van der Waals surface area contributed by atoms with Crippen LogP contribution in [0.2, 0.25) is 5.02 Å². The van der Waals surface area contributed by atoms with Gasteiger partial charge in [0.05, 0.1) is 16.1 Å². The molecule has 0 saturated heterocycles. The zero-order valence-electron chi connectivity index (χ0n) is 10.4. The number of anilines is 1. The van der Waals surface area contributed by atoms with Crippen LogP contribution in [-0.2, 0) is 4.79 Å². The Hall–Kier alpha value is -0.400. The maximum absolute atomic E-state index is 12.4. The molecule has 1 amide bonds. The SMILES string of the molecule is CC1CC(C(=O)Nc2ccc(Cl)cc2I)(C(N)=S)C1. The first-order valence-electron chi connectivity index (χ1n) is 5.91. The van der Waals surface area contributed by atoms with E-state index in [1.165, 1.54) is 0 Å². The van der Waals surface area contributed by atoms with Gasteiger partial charge in [0.15, 0.2) is 0 Å². The van der Waals surface area contributed by atoms with Gasteiger partial charge in [-0.25, -0.2) is 0 Å². The van der Waals surface area contributed by atoms with Gasteiger partial charge in [-0.3, -0.25) is 4.79 Å². The van der Waals surface area contributed by atoms with Gasteiger partial charge in [0, 0.05) is 8.59 Å². The van der Waals surface area contributed by atoms with Crippen LogP contribution in [0.25, 0.3) is 0 Å². The van der Waals surface area contributed by atoms with Crippen molar-refractivity contribution < 1.29 is 4.79 Å². The Bertz CT molecular complexity index is 543. The minimum atomic E-state index is -0.683. The van der Waals surface area contributed by atoms with Crippen LogP contribution in [0.4, 0.5) is 5.69 Å². The highest BCUT2D eigenvalue weighted by atomic mass is 127. The lowest BCUT2D eigenvalue weighted by Gasteiger charge is -2.44. The Labute approximate surface area is 136 Å². The van der Waals surface area contributed by atoms with Crippen molar-refractivity contribution >= 4 is 63.0 Å². The van der Waals surface area contributed by atoms with Gasteiger partial charge in [-0.15, -0.1) is 0 Å². The molecule has 0 radical (unpaired) electrons. The van der Waals surface area contributed by atoms with Crippen molar-refractivity contribution in [2.75, 3.05) is 5.32 Å². The monoisotopic (exact) mass is 408 g/mol. The Morgan fingerprint density at radius 2 is 2.21 bits per heavy atom. The lowest BCUT2D eigenvalue weighted by atomic mass is 9.62. The van der Waals surface area contributed by atoms with Crippen molar-refractivity contribution in [2.45, 2.75) is 19.8 Å². The Balaban J connectivity index is 2.19. The van der Waals surface area contributed by atoms with E-state index >= 15 is 0 Å². The van der Waals surface area contributed by atoms with Crippen LogP contribution in [0.5, 0.6) is 0 Å². The second-order valence-corrected chi connectivity index (χ2v) is 7.08. The average Bonchev–Trinajstić information content (AvgIpc) is 2.27. The Kier molecular flexibility index (Phi) is 4.37. The highest BCUT2D eigenvalue weighted by Crippen LogP contribution is 2.46. The second kappa shape index (κ2) is 5.54. The second-order valence-electron chi connectivity index (χ2n) is 5.04. The number of carbonyl (C=O) groups excluding carboxylic acids is 1. The normalized spacial score (nSPS) is 25.5. The number of amides is 1. The summed E-state index contributed by atoms with van der Waals surface area (Å²) in [5, 5.41) is 3.55. The van der Waals surface area contributed by atoms with Crippen molar-refractivity contribution in [3.8, 4) is 0 Å². The zero-order chi connectivity index (χ0) is 14.2. The van der Waals surface area contributed by atoms with Gasteiger partial charge in [0.1, 0.15) is 0 Å². The van der Waals surface area contributed by atoms with Gasteiger partial charge in [0.25, 0.3) is 0 Å². The minimum Gasteiger partial charge on any atom is -0.392 e. The molecule has 3 N–H and O–H groups in total. The van der Waals surface area contributed by atoms with Gasteiger partial charge >= 0.3 is 0 Å². The van der Waals surface area contributed by atoms with Crippen LogP contribution in [0, 0.1) is 14.9 Å². The first-order chi connectivity index (χ1) is 8.85. The van der Waals surface area contributed by atoms with Gasteiger partial charge in [-0.2, -0.15) is 0 Å². The highest BCUT2D eigenvalue weighted by molar-refractivity contribution is 14.1. The predicted octanol–water partition coefficient (Wildman–Crippen LogP) is 3.59. The smallest absolute Gasteiger partial charge is 0.237 e. The summed E-state index contributed by atoms with van der Waals surface area (Å²) in [6, 6.07) is 5.34. The highest BCUT2D eigenvalue weighted by Gasteiger charge is 2.50. The molecule has 0 bridgehead atoms. The Morgan fingerprint density at radius 3 is 2.68 bits per heavy atom. The van der Waals surface area contributed by atoms with Crippen molar-refractivity contribution in [3.05, 3.63) is 26.8 Å². The van der Waals surface area contributed by atoms with E-state index in [2.05, 4.69) is 34.8 Å². The fraction of sp³-hybridized carbons (Fsp3) is 0.385. The summed E-state index contributed by atoms with van der Waals surface area (Å²) in [6.07, 6.45) is 1.44. The maximum Gasteiger partial charge on any atom is 0.237 e. The molecule has 102 valence electrons. The fourth-order valence-electron chi connectivity index (χ4n) is 2.46. The third kappa shape index (κ3) is 2.87. The number of carbonyl (C=O) groups is 1. The molecule has 0 heterocycles. The molecule has 6 heteroatoms. The number of nitrogens with one attached hydrogen (secondary N) is 1. The molecular formula is C13H14ClIN2OS. The number of hydrogen-bond acceptors (Lipinski definition) is 2. The Morgan fingerprint density at radius 1 is 1.58 bits per heavy atom. The number of halogens is 2. The first-order valence-corrected chi connectivity index (χ1v) is 7.78. The molecule has 1 aromatic carbocycles. The summed E-state index contributed by atoms with van der Waals surface area (Å²) in [6.45, 7) is 2.09. The molecule has 1 fully saturated rings. The summed E-state index contributed by atoms with van der Waals surface area (Å²) >= 11 is 13.1. The van der Waals surface area contributed by atoms with Gasteiger partial charge in [-0.1, -0.05) is 30.7 Å². The minimum absolute atomic E-state index is 0.113. The van der Waals surface area contributed by atoms with Crippen molar-refractivity contribution in [1.29, 1.82) is 0 Å². The molecule has 1 aliphatic rings. The van der Waals surface area contributed by atoms with E-state index in [9.17, 15) is 4.79 Å². The van der Waals surface area contributed by atoms with E-state index in [1.807, 2.05) is 0 Å². The molecule has 0 aliphatic heterocycles. The summed E-state index contributed by atoms with van der Waals surface area (Å²) in [4.78, 5) is 12.7. The molecule has 0 unspecified atom stereocenters. The topological polar surface area (TPSA) is 55.1 Å². The zero-order valence-corrected chi connectivity index (χ0v) is 14.1. The van der Waals surface area contributed by atoms with Crippen LogP contribution in [-0.4, -0.2) is 10.9 Å². The van der Waals surface area contributed by atoms with Crippen LogP contribution < -0.4 is 11.1 Å². The molecule has 1 aliphatic carbocycles. The van der Waals surface area contributed by atoms with E-state index in [0.717, 1.165) is 22.1 Å². The van der Waals surface area contributed by atoms with Gasteiger partial charge < -0.3 is 11.1 Å². The van der Waals surface area contributed by atoms with E-state index in [0.29, 0.717) is 10.9 Å². The van der Waals surface area contributed by atoms with Crippen LogP contribution >= 0.6 is 46.4 Å². The fourth-order valence-corrected chi connectivity index (χ4v) is 3.73. The number of nitrogens with two attached hydrogens (primary N) is 1. The lowest BCUT2D eigenvalue weighted by Crippen LogP contribution is -2.53. The number of rotatable bonds is 3. The molecule has 0 spiro atoms. The first kappa shape index (κ1) is 15.0. The van der Waals surface area contributed by atoms with Gasteiger partial charge in [0.2, 0.25) is 5.91 Å². The summed E-state index contributed by atoms with van der Waals surface area (Å²) in [5.41, 5.74) is 5.82. The molecular weight excluding hydrogens is 395 g/mol. The quantitative estimate of drug-likeness (QED) is 0.594. The number of hydrogen-bond donors (Lipinski definition) is 2. The van der Waals surface area contributed by atoms with Crippen LogP contribution in [0.3, 0.4) is 0 Å². The molecule has 1 saturated carbocycles. The number of thiocarbonyl (C=S) groups is 1. The van der Waals surface area contributed by atoms with Crippen molar-refractivity contribution in [3.63, 3.8) is 0 Å². The van der Waals surface area contributed by atoms with Crippen LogP contribution in [0.15, 0.2) is 18.2 Å². The van der Waals surface area contributed by atoms with Crippen molar-refractivity contribution in [1.82, 2.24) is 0 Å². The maximum atomic E-state index is 12.4. The summed E-state index contributed by atoms with van der Waals surface area (Å²) < 4.78 is 0.893. The lowest BCUT2D eigenvalue weighted by molar-refractivity contribution is -0.127. The largest absolute Gasteiger partial charge is 0.392 e. The standard InChI is InChI=1S/C13H14ClIN2OS/c1-7-5-13(6-7,11(16)19)12(18)17-10-3-2-8(14)4-9(10)15/h2-4,7H,5-6H2,1H3,(H2,16,19)(H,17,18). The molecule has 0 aromatic heterocycles.